The molecular weight excluding hydrogens is 455 g/mol. The molecule has 1 unspecified atom stereocenters. The number of benzene rings is 1. The van der Waals surface area contributed by atoms with E-state index in [9.17, 15) is 4.79 Å². The van der Waals surface area contributed by atoms with Crippen LogP contribution in [-0.4, -0.2) is 55.6 Å². The highest BCUT2D eigenvalue weighted by Crippen LogP contribution is 2.17. The van der Waals surface area contributed by atoms with Gasteiger partial charge in [-0.1, -0.05) is 18.2 Å². The van der Waals surface area contributed by atoms with Crippen LogP contribution in [0.3, 0.4) is 0 Å². The molecule has 0 bridgehead atoms. The lowest BCUT2D eigenvalue weighted by atomic mass is 10.0. The zero-order valence-electron chi connectivity index (χ0n) is 16.4. The van der Waals surface area contributed by atoms with Crippen LogP contribution in [-0.2, 0) is 4.79 Å². The summed E-state index contributed by atoms with van der Waals surface area (Å²) in [6.07, 6.45) is 3.91. The summed E-state index contributed by atoms with van der Waals surface area (Å²) in [5, 5.41) is 6.44. The Kier molecular flexibility index (Phi) is 11.9. The van der Waals surface area contributed by atoms with Crippen molar-refractivity contribution in [1.29, 1.82) is 0 Å². The molecule has 0 saturated carbocycles. The van der Waals surface area contributed by atoms with Crippen molar-refractivity contribution in [2.45, 2.75) is 45.6 Å². The van der Waals surface area contributed by atoms with Crippen LogP contribution in [0.5, 0.6) is 5.75 Å². The Labute approximate surface area is 180 Å². The number of nitrogens with zero attached hydrogens (tertiary/aromatic N) is 2. The van der Waals surface area contributed by atoms with Crippen molar-refractivity contribution < 1.29 is 9.53 Å². The molecule has 1 aromatic carbocycles. The van der Waals surface area contributed by atoms with Crippen molar-refractivity contribution in [1.82, 2.24) is 15.5 Å². The number of carbonyl (C=O) groups is 1. The van der Waals surface area contributed by atoms with E-state index in [0.29, 0.717) is 32.2 Å². The molecule has 1 aromatic rings. The van der Waals surface area contributed by atoms with Crippen LogP contribution in [0.2, 0.25) is 0 Å². The van der Waals surface area contributed by atoms with E-state index in [2.05, 4.69) is 22.5 Å². The van der Waals surface area contributed by atoms with E-state index in [1.54, 1.807) is 0 Å². The summed E-state index contributed by atoms with van der Waals surface area (Å²) in [5.41, 5.74) is 0. The number of hydrogen-bond acceptors (Lipinski definition) is 3. The Morgan fingerprint density at radius 1 is 1.26 bits per heavy atom. The van der Waals surface area contributed by atoms with Crippen molar-refractivity contribution >= 4 is 35.8 Å². The van der Waals surface area contributed by atoms with E-state index in [1.807, 2.05) is 42.2 Å². The van der Waals surface area contributed by atoms with Gasteiger partial charge in [0.15, 0.2) is 5.96 Å². The molecule has 1 amide bonds. The average molecular weight is 488 g/mol. The third kappa shape index (κ3) is 8.81. The predicted molar refractivity (Wildman–Crippen MR) is 121 cm³/mol. The Morgan fingerprint density at radius 2 is 2.04 bits per heavy atom. The van der Waals surface area contributed by atoms with Gasteiger partial charge in [-0.05, 0) is 45.2 Å². The molecule has 0 aliphatic carbocycles. The first-order valence-corrected chi connectivity index (χ1v) is 9.70. The molecule has 2 rings (SSSR count). The Balaban J connectivity index is 0.00000364. The second kappa shape index (κ2) is 13.6. The van der Waals surface area contributed by atoms with E-state index in [1.165, 1.54) is 6.42 Å². The largest absolute Gasteiger partial charge is 0.492 e. The minimum absolute atomic E-state index is 0. The van der Waals surface area contributed by atoms with Gasteiger partial charge in [0.05, 0.1) is 13.1 Å². The van der Waals surface area contributed by atoms with E-state index in [4.69, 9.17) is 4.74 Å². The molecular formula is C20H33IN4O2. The average Bonchev–Trinajstić information content (AvgIpc) is 2.66. The standard InChI is InChI=1S/C20H32N4O2.HI/c1-3-21-20(23-14-16-26-18-10-5-4-6-11-18)22-13-12-19(25)24-15-8-7-9-17(24)2;/h4-6,10-11,17H,3,7-9,12-16H2,1-2H3,(H2,21,22,23);1H. The molecule has 1 saturated heterocycles. The fourth-order valence-corrected chi connectivity index (χ4v) is 3.07. The Morgan fingerprint density at radius 3 is 2.74 bits per heavy atom. The van der Waals surface area contributed by atoms with Crippen LogP contribution in [0.1, 0.15) is 39.5 Å². The van der Waals surface area contributed by atoms with Crippen LogP contribution in [0, 0.1) is 0 Å². The van der Waals surface area contributed by atoms with Gasteiger partial charge in [-0.2, -0.15) is 0 Å². The molecule has 2 N–H and O–H groups in total. The van der Waals surface area contributed by atoms with Gasteiger partial charge in [0.1, 0.15) is 12.4 Å². The molecule has 27 heavy (non-hydrogen) atoms. The molecule has 1 aliphatic rings. The van der Waals surface area contributed by atoms with Gasteiger partial charge in [0, 0.05) is 25.6 Å². The maximum absolute atomic E-state index is 12.4. The molecule has 0 aromatic heterocycles. The fourth-order valence-electron chi connectivity index (χ4n) is 3.07. The van der Waals surface area contributed by atoms with Crippen molar-refractivity contribution in [2.75, 3.05) is 32.8 Å². The highest BCUT2D eigenvalue weighted by Gasteiger charge is 2.22. The number of halogens is 1. The summed E-state index contributed by atoms with van der Waals surface area (Å²) in [6, 6.07) is 10.1. The molecule has 1 heterocycles. The highest BCUT2D eigenvalue weighted by molar-refractivity contribution is 14.0. The summed E-state index contributed by atoms with van der Waals surface area (Å²) in [5.74, 6) is 1.80. The van der Waals surface area contributed by atoms with E-state index >= 15 is 0 Å². The summed E-state index contributed by atoms with van der Waals surface area (Å²) < 4.78 is 5.66. The summed E-state index contributed by atoms with van der Waals surface area (Å²) >= 11 is 0. The summed E-state index contributed by atoms with van der Waals surface area (Å²) in [7, 11) is 0. The van der Waals surface area contributed by atoms with Crippen LogP contribution < -0.4 is 15.4 Å². The first-order valence-electron chi connectivity index (χ1n) is 9.70. The van der Waals surface area contributed by atoms with Gasteiger partial charge >= 0.3 is 0 Å². The first kappa shape index (κ1) is 23.5. The number of para-hydroxylation sites is 1. The highest BCUT2D eigenvalue weighted by atomic mass is 127. The Bertz CT molecular complexity index is 568. The van der Waals surface area contributed by atoms with Crippen molar-refractivity contribution in [3.63, 3.8) is 0 Å². The van der Waals surface area contributed by atoms with E-state index in [-0.39, 0.29) is 29.9 Å². The predicted octanol–water partition coefficient (Wildman–Crippen LogP) is 3.03. The maximum Gasteiger partial charge on any atom is 0.224 e. The third-order valence-corrected chi connectivity index (χ3v) is 4.47. The van der Waals surface area contributed by atoms with Gasteiger partial charge < -0.3 is 20.3 Å². The van der Waals surface area contributed by atoms with Gasteiger partial charge in [0.2, 0.25) is 5.91 Å². The molecule has 152 valence electrons. The quantitative estimate of drug-likeness (QED) is 0.256. The van der Waals surface area contributed by atoms with Gasteiger partial charge in [-0.15, -0.1) is 24.0 Å². The fraction of sp³-hybridized carbons (Fsp3) is 0.600. The van der Waals surface area contributed by atoms with Crippen molar-refractivity contribution in [2.24, 2.45) is 4.99 Å². The second-order valence-corrected chi connectivity index (χ2v) is 6.53. The first-order chi connectivity index (χ1) is 12.7. The minimum atomic E-state index is 0. The number of aliphatic imine (C=N–C) groups is 1. The third-order valence-electron chi connectivity index (χ3n) is 4.47. The smallest absolute Gasteiger partial charge is 0.224 e. The topological polar surface area (TPSA) is 66.0 Å². The normalized spacial score (nSPS) is 17.0. The number of amides is 1. The van der Waals surface area contributed by atoms with E-state index in [0.717, 1.165) is 37.6 Å². The summed E-state index contributed by atoms with van der Waals surface area (Å²) in [4.78, 5) is 18.9. The number of ether oxygens (including phenoxy) is 1. The number of likely N-dealkylation sites (tertiary alicyclic amines) is 1. The molecule has 0 radical (unpaired) electrons. The van der Waals surface area contributed by atoms with E-state index < -0.39 is 0 Å². The number of hydrogen-bond donors (Lipinski definition) is 2. The Hall–Kier alpha value is -1.51. The molecule has 1 atom stereocenters. The molecule has 7 heteroatoms. The number of carbonyl (C=O) groups excluding carboxylic acids is 1. The number of guanidine groups is 1. The van der Waals surface area contributed by atoms with Crippen LogP contribution in [0.15, 0.2) is 35.3 Å². The number of nitrogens with one attached hydrogen (secondary N) is 2. The number of piperidine rings is 1. The molecule has 0 spiro atoms. The van der Waals surface area contributed by atoms with Crippen LogP contribution >= 0.6 is 24.0 Å². The number of rotatable bonds is 8. The second-order valence-electron chi connectivity index (χ2n) is 6.53. The molecule has 1 fully saturated rings. The maximum atomic E-state index is 12.4. The van der Waals surface area contributed by atoms with Gasteiger partial charge in [-0.3, -0.25) is 9.79 Å². The molecule has 1 aliphatic heterocycles. The zero-order chi connectivity index (χ0) is 18.6. The minimum Gasteiger partial charge on any atom is -0.492 e. The zero-order valence-corrected chi connectivity index (χ0v) is 18.8. The SMILES string of the molecule is CCNC(=NCCC(=O)N1CCCCC1C)NCCOc1ccccc1.I. The van der Waals surface area contributed by atoms with Crippen molar-refractivity contribution in [3.8, 4) is 5.75 Å². The molecule has 6 nitrogen and oxygen atoms in total. The van der Waals surface area contributed by atoms with Crippen LogP contribution in [0.25, 0.3) is 0 Å². The van der Waals surface area contributed by atoms with Gasteiger partial charge in [-0.25, -0.2) is 0 Å². The lowest BCUT2D eigenvalue weighted by Gasteiger charge is -2.33. The lowest BCUT2D eigenvalue weighted by Crippen LogP contribution is -2.42. The van der Waals surface area contributed by atoms with Gasteiger partial charge in [0.25, 0.3) is 0 Å². The monoisotopic (exact) mass is 488 g/mol. The van der Waals surface area contributed by atoms with Crippen molar-refractivity contribution in [3.05, 3.63) is 30.3 Å². The van der Waals surface area contributed by atoms with Crippen LogP contribution in [0.4, 0.5) is 0 Å². The summed E-state index contributed by atoms with van der Waals surface area (Å²) in [6.45, 7) is 7.53. The lowest BCUT2D eigenvalue weighted by molar-refractivity contribution is -0.134.